The van der Waals surface area contributed by atoms with E-state index in [0.717, 1.165) is 32.1 Å². The molecule has 4 rings (SSSR count). The van der Waals surface area contributed by atoms with Gasteiger partial charge in [-0.2, -0.15) is 0 Å². The molecule has 0 radical (unpaired) electrons. The van der Waals surface area contributed by atoms with Crippen molar-refractivity contribution in [3.63, 3.8) is 0 Å². The number of nitrogens with one attached hydrogen (secondary N) is 2. The Morgan fingerprint density at radius 2 is 2.16 bits per heavy atom. The van der Waals surface area contributed by atoms with Gasteiger partial charge in [0.15, 0.2) is 5.82 Å². The van der Waals surface area contributed by atoms with Gasteiger partial charge >= 0.3 is 5.76 Å². The minimum absolute atomic E-state index is 0.323. The molecule has 0 fully saturated rings. The van der Waals surface area contributed by atoms with Crippen LogP contribution in [0.15, 0.2) is 50.4 Å². The number of rotatable bonds is 8. The summed E-state index contributed by atoms with van der Waals surface area (Å²) < 4.78 is 11.3. The number of aromatic amines is 1. The van der Waals surface area contributed by atoms with Crippen molar-refractivity contribution in [1.82, 2.24) is 20.1 Å². The lowest BCUT2D eigenvalue weighted by atomic mass is 10.1. The Morgan fingerprint density at radius 1 is 1.29 bits per heavy atom. The summed E-state index contributed by atoms with van der Waals surface area (Å²) in [6.45, 7) is 3.02. The number of ether oxygens (including phenoxy) is 1. The number of hydrogen-bond donors (Lipinski definition) is 2. The van der Waals surface area contributed by atoms with Gasteiger partial charge in [-0.3, -0.25) is 9.51 Å². The van der Waals surface area contributed by atoms with Crippen LogP contribution in [0.3, 0.4) is 0 Å². The fourth-order valence-electron chi connectivity index (χ4n) is 2.89. The van der Waals surface area contributed by atoms with Crippen molar-refractivity contribution in [3.8, 4) is 27.0 Å². The van der Waals surface area contributed by atoms with Gasteiger partial charge in [0.05, 0.1) is 17.2 Å². The van der Waals surface area contributed by atoms with Crippen LogP contribution in [-0.2, 0) is 6.42 Å². The molecule has 11 heteroatoms. The van der Waals surface area contributed by atoms with E-state index < -0.39 is 5.76 Å². The maximum Gasteiger partial charge on any atom is 0.439 e. The molecule has 3 aromatic heterocycles. The van der Waals surface area contributed by atoms with E-state index >= 15 is 0 Å². The molecule has 0 saturated heterocycles. The molecule has 0 atom stereocenters. The average Bonchev–Trinajstić information content (AvgIpc) is 3.36. The van der Waals surface area contributed by atoms with Gasteiger partial charge in [0.1, 0.15) is 22.8 Å². The maximum absolute atomic E-state index is 11.3. The quantitative estimate of drug-likeness (QED) is 0.335. The van der Waals surface area contributed by atoms with E-state index in [1.807, 2.05) is 37.3 Å². The molecular weight excluding hydrogens is 506 g/mol. The monoisotopic (exact) mass is 521 g/mol. The first-order valence-corrected chi connectivity index (χ1v) is 11.4. The van der Waals surface area contributed by atoms with Gasteiger partial charge in [-0.15, -0.1) is 11.3 Å². The summed E-state index contributed by atoms with van der Waals surface area (Å²) in [4.78, 5) is 24.1. The Labute approximate surface area is 194 Å². The second-order valence-corrected chi connectivity index (χ2v) is 8.76. The summed E-state index contributed by atoms with van der Waals surface area (Å²) in [6.07, 6.45) is 2.25. The fourth-order valence-corrected chi connectivity index (χ4v) is 4.67. The predicted octanol–water partition coefficient (Wildman–Crippen LogP) is 5.02. The van der Waals surface area contributed by atoms with Crippen LogP contribution in [0.5, 0.6) is 5.75 Å². The SMILES string of the molecule is CCOc1cc(-c2cc(NCCc3ccc(Br)cc3Cl)ncn2)sc1-c1noc(=O)[nH]1. The zero-order chi connectivity index (χ0) is 21.8. The highest BCUT2D eigenvalue weighted by Crippen LogP contribution is 2.41. The van der Waals surface area contributed by atoms with E-state index in [1.54, 1.807) is 0 Å². The molecule has 0 aliphatic heterocycles. The van der Waals surface area contributed by atoms with Gasteiger partial charge < -0.3 is 10.1 Å². The third-order valence-electron chi connectivity index (χ3n) is 4.29. The molecular formula is C20H17BrClN5O3S. The molecule has 3 heterocycles. The molecule has 2 N–H and O–H groups in total. The van der Waals surface area contributed by atoms with Gasteiger partial charge in [-0.05, 0) is 31.0 Å². The largest absolute Gasteiger partial charge is 0.492 e. The molecule has 1 aromatic carbocycles. The standard InChI is InChI=1S/C20H17BrClN5O3S/c1-2-29-15-9-16(31-18(15)19-26-20(28)30-27-19)14-8-17(25-10-24-14)23-6-5-11-3-4-12(21)7-13(11)22/h3-4,7-10H,2,5-6H2,1H3,(H,23,24,25)(H,26,27,28). The van der Waals surface area contributed by atoms with Crippen LogP contribution in [0, 0.1) is 0 Å². The molecule has 0 aliphatic rings. The Kier molecular flexibility index (Phi) is 6.69. The predicted molar refractivity (Wildman–Crippen MR) is 124 cm³/mol. The first-order valence-electron chi connectivity index (χ1n) is 9.36. The molecule has 0 aliphatic carbocycles. The molecule has 0 unspecified atom stereocenters. The molecule has 8 nitrogen and oxygen atoms in total. The molecule has 31 heavy (non-hydrogen) atoms. The highest BCUT2D eigenvalue weighted by atomic mass is 79.9. The topological polar surface area (TPSA) is 106 Å². The highest BCUT2D eigenvalue weighted by Gasteiger charge is 2.18. The molecule has 4 aromatic rings. The summed E-state index contributed by atoms with van der Waals surface area (Å²) in [7, 11) is 0. The zero-order valence-corrected chi connectivity index (χ0v) is 19.5. The number of anilines is 1. The maximum atomic E-state index is 11.3. The Morgan fingerprint density at radius 3 is 2.90 bits per heavy atom. The number of halogens is 2. The van der Waals surface area contributed by atoms with E-state index in [4.69, 9.17) is 16.3 Å². The van der Waals surface area contributed by atoms with Crippen molar-refractivity contribution < 1.29 is 9.26 Å². The minimum atomic E-state index is -0.619. The Hall–Kier alpha value is -2.69. The lowest BCUT2D eigenvalue weighted by Gasteiger charge is -2.08. The number of H-pyrrole nitrogens is 1. The number of aromatic nitrogens is 4. The number of thiophene rings is 1. The smallest absolute Gasteiger partial charge is 0.439 e. The highest BCUT2D eigenvalue weighted by molar-refractivity contribution is 9.10. The molecule has 0 amide bonds. The van der Waals surface area contributed by atoms with Crippen LogP contribution >= 0.6 is 38.9 Å². The second-order valence-electron chi connectivity index (χ2n) is 6.38. The number of benzene rings is 1. The summed E-state index contributed by atoms with van der Waals surface area (Å²) in [5.74, 6) is 1.00. The van der Waals surface area contributed by atoms with E-state index in [-0.39, 0.29) is 0 Å². The van der Waals surface area contributed by atoms with E-state index in [2.05, 4.69) is 45.9 Å². The second kappa shape index (κ2) is 9.63. The van der Waals surface area contributed by atoms with Gasteiger partial charge in [-0.1, -0.05) is 38.8 Å². The van der Waals surface area contributed by atoms with Crippen molar-refractivity contribution in [2.45, 2.75) is 13.3 Å². The van der Waals surface area contributed by atoms with E-state index in [9.17, 15) is 4.79 Å². The third kappa shape index (κ3) is 5.15. The fraction of sp³-hybridized carbons (Fsp3) is 0.200. The zero-order valence-electron chi connectivity index (χ0n) is 16.3. The normalized spacial score (nSPS) is 10.9. The van der Waals surface area contributed by atoms with Gasteiger partial charge in [0.25, 0.3) is 0 Å². The van der Waals surface area contributed by atoms with Crippen LogP contribution < -0.4 is 15.8 Å². The van der Waals surface area contributed by atoms with Crippen molar-refractivity contribution in [3.05, 3.63) is 62.3 Å². The Bertz CT molecular complexity index is 1260. The van der Waals surface area contributed by atoms with Gasteiger partial charge in [-0.25, -0.2) is 14.8 Å². The van der Waals surface area contributed by atoms with Crippen LogP contribution in [0.4, 0.5) is 5.82 Å². The summed E-state index contributed by atoms with van der Waals surface area (Å²) in [5.41, 5.74) is 1.78. The van der Waals surface area contributed by atoms with Crippen LogP contribution in [0.1, 0.15) is 12.5 Å². The first-order chi connectivity index (χ1) is 15.0. The van der Waals surface area contributed by atoms with Crippen molar-refractivity contribution in [2.75, 3.05) is 18.5 Å². The first kappa shape index (κ1) is 21.5. The van der Waals surface area contributed by atoms with Crippen molar-refractivity contribution >= 4 is 44.7 Å². The minimum Gasteiger partial charge on any atom is -0.492 e. The molecule has 160 valence electrons. The van der Waals surface area contributed by atoms with Gasteiger partial charge in [0.2, 0.25) is 0 Å². The van der Waals surface area contributed by atoms with Crippen LogP contribution in [0.2, 0.25) is 5.02 Å². The molecule has 0 spiro atoms. The molecule has 0 bridgehead atoms. The van der Waals surface area contributed by atoms with E-state index in [0.29, 0.717) is 35.4 Å². The average molecular weight is 523 g/mol. The van der Waals surface area contributed by atoms with Gasteiger partial charge in [0, 0.05) is 28.2 Å². The lowest BCUT2D eigenvalue weighted by Crippen LogP contribution is -2.07. The van der Waals surface area contributed by atoms with Crippen LogP contribution in [-0.4, -0.2) is 33.3 Å². The summed E-state index contributed by atoms with van der Waals surface area (Å²) in [6, 6.07) is 9.57. The number of hydrogen-bond acceptors (Lipinski definition) is 8. The third-order valence-corrected chi connectivity index (χ3v) is 6.28. The van der Waals surface area contributed by atoms with Crippen molar-refractivity contribution in [2.24, 2.45) is 0 Å². The summed E-state index contributed by atoms with van der Waals surface area (Å²) >= 11 is 11.1. The molecule has 0 saturated carbocycles. The van der Waals surface area contributed by atoms with Crippen molar-refractivity contribution in [1.29, 1.82) is 0 Å². The lowest BCUT2D eigenvalue weighted by molar-refractivity contribution is 0.342. The van der Waals surface area contributed by atoms with Crippen LogP contribution in [0.25, 0.3) is 21.3 Å². The number of nitrogens with zero attached hydrogens (tertiary/aromatic N) is 3. The summed E-state index contributed by atoms with van der Waals surface area (Å²) in [5, 5.41) is 7.79. The Balaban J connectivity index is 1.52. The van der Waals surface area contributed by atoms with E-state index in [1.165, 1.54) is 17.7 Å².